The van der Waals surface area contributed by atoms with Crippen molar-refractivity contribution in [1.29, 1.82) is 0 Å². The highest BCUT2D eigenvalue weighted by Gasteiger charge is 2.19. The molecule has 70 heavy (non-hydrogen) atoms. The molecule has 0 rings (SSSR count). The van der Waals surface area contributed by atoms with Crippen molar-refractivity contribution in [2.75, 3.05) is 13.2 Å². The zero-order valence-corrected chi connectivity index (χ0v) is 47.1. The van der Waals surface area contributed by atoms with Crippen molar-refractivity contribution in [3.63, 3.8) is 0 Å². The summed E-state index contributed by atoms with van der Waals surface area (Å²) in [7, 11) is 0. The van der Waals surface area contributed by atoms with Crippen LogP contribution in [0.1, 0.15) is 335 Å². The molecular formula is C64H118O6. The molecule has 0 aliphatic heterocycles. The second-order valence-electron chi connectivity index (χ2n) is 21.0. The minimum Gasteiger partial charge on any atom is -0.462 e. The molecule has 0 aliphatic rings. The molecule has 0 aromatic carbocycles. The normalized spacial score (nSPS) is 12.2. The Hall–Kier alpha value is -2.37. The van der Waals surface area contributed by atoms with E-state index in [4.69, 9.17) is 14.2 Å². The van der Waals surface area contributed by atoms with Crippen molar-refractivity contribution in [3.8, 4) is 0 Å². The molecule has 1 unspecified atom stereocenters. The molecule has 6 nitrogen and oxygen atoms in total. The lowest BCUT2D eigenvalue weighted by atomic mass is 10.0. The molecule has 0 N–H and O–H groups in total. The SMILES string of the molecule is CCCCC/C=C\C/C=C\CCCCCCCCCCCC(=O)OC(COC(=O)CCCCCCCC)COC(=O)CCCCCCCCCCCCCCCCC/C=C\CCCCCCCCCC. The standard InChI is InChI=1S/C64H118O6/c1-4-7-10-13-16-18-20-22-24-26-28-29-30-31-32-33-34-35-37-38-40-42-44-46-48-51-54-57-63(66)69-60-61(59-68-62(65)56-53-50-15-12-9-6-3)70-64(67)58-55-52-49-47-45-43-41-39-36-27-25-23-21-19-17-14-11-8-5-2/h17,19,23,25-26,28,61H,4-16,18,20-22,24,27,29-60H2,1-3H3/b19-17-,25-23-,28-26-. The summed E-state index contributed by atoms with van der Waals surface area (Å²) in [5, 5.41) is 0. The Balaban J connectivity index is 4.04. The van der Waals surface area contributed by atoms with Crippen LogP contribution in [0.25, 0.3) is 0 Å². The van der Waals surface area contributed by atoms with Crippen molar-refractivity contribution in [3.05, 3.63) is 36.5 Å². The largest absolute Gasteiger partial charge is 0.462 e. The Morgan fingerprint density at radius 2 is 0.514 bits per heavy atom. The minimum absolute atomic E-state index is 0.0704. The van der Waals surface area contributed by atoms with E-state index in [9.17, 15) is 14.4 Å². The van der Waals surface area contributed by atoms with Gasteiger partial charge in [-0.2, -0.15) is 0 Å². The molecule has 0 amide bonds. The molecular weight excluding hydrogens is 865 g/mol. The Morgan fingerprint density at radius 3 is 0.829 bits per heavy atom. The lowest BCUT2D eigenvalue weighted by Crippen LogP contribution is -2.30. The third kappa shape index (κ3) is 56.5. The quantitative estimate of drug-likeness (QED) is 0.0261. The molecule has 0 saturated carbocycles. The van der Waals surface area contributed by atoms with Gasteiger partial charge in [-0.1, -0.05) is 276 Å². The summed E-state index contributed by atoms with van der Waals surface area (Å²) in [4.78, 5) is 37.9. The minimum atomic E-state index is -0.769. The molecule has 0 fully saturated rings. The highest BCUT2D eigenvalue weighted by atomic mass is 16.6. The third-order valence-electron chi connectivity index (χ3n) is 13.9. The van der Waals surface area contributed by atoms with E-state index in [1.54, 1.807) is 0 Å². The summed E-state index contributed by atoms with van der Waals surface area (Å²) < 4.78 is 16.8. The van der Waals surface area contributed by atoms with Gasteiger partial charge in [0, 0.05) is 19.3 Å². The number of unbranched alkanes of at least 4 members (excludes halogenated alkanes) is 40. The summed E-state index contributed by atoms with van der Waals surface area (Å²) in [5.41, 5.74) is 0. The van der Waals surface area contributed by atoms with Gasteiger partial charge in [0.15, 0.2) is 6.10 Å². The average molecular weight is 984 g/mol. The predicted molar refractivity (Wildman–Crippen MR) is 302 cm³/mol. The fourth-order valence-electron chi connectivity index (χ4n) is 9.18. The van der Waals surface area contributed by atoms with Crippen LogP contribution in [0.4, 0.5) is 0 Å². The first kappa shape index (κ1) is 67.6. The lowest BCUT2D eigenvalue weighted by Gasteiger charge is -2.18. The van der Waals surface area contributed by atoms with E-state index >= 15 is 0 Å². The Kier molecular flexibility index (Phi) is 57.2. The van der Waals surface area contributed by atoms with Crippen LogP contribution in [-0.4, -0.2) is 37.2 Å². The number of carbonyl (C=O) groups excluding carboxylic acids is 3. The molecule has 6 heteroatoms. The number of ether oxygens (including phenoxy) is 3. The summed E-state index contributed by atoms with van der Waals surface area (Å²) in [6.07, 6.45) is 71.9. The lowest BCUT2D eigenvalue weighted by molar-refractivity contribution is -0.167. The van der Waals surface area contributed by atoms with Gasteiger partial charge in [-0.3, -0.25) is 14.4 Å². The molecule has 0 radical (unpaired) electrons. The van der Waals surface area contributed by atoms with E-state index in [-0.39, 0.29) is 31.1 Å². The van der Waals surface area contributed by atoms with Crippen molar-refractivity contribution in [1.82, 2.24) is 0 Å². The van der Waals surface area contributed by atoms with Crippen molar-refractivity contribution in [2.24, 2.45) is 0 Å². The number of rotatable bonds is 57. The average Bonchev–Trinajstić information content (AvgIpc) is 3.36. The smallest absolute Gasteiger partial charge is 0.306 e. The number of esters is 3. The Bertz CT molecular complexity index is 1170. The van der Waals surface area contributed by atoms with Crippen molar-refractivity contribution < 1.29 is 28.6 Å². The van der Waals surface area contributed by atoms with Gasteiger partial charge in [0.25, 0.3) is 0 Å². The summed E-state index contributed by atoms with van der Waals surface area (Å²) in [6, 6.07) is 0. The highest BCUT2D eigenvalue weighted by Crippen LogP contribution is 2.17. The van der Waals surface area contributed by atoms with E-state index in [2.05, 4.69) is 57.2 Å². The second kappa shape index (κ2) is 59.2. The van der Waals surface area contributed by atoms with E-state index in [1.807, 2.05) is 0 Å². The van der Waals surface area contributed by atoms with Crippen LogP contribution < -0.4 is 0 Å². The van der Waals surface area contributed by atoms with Crippen LogP contribution in [0, 0.1) is 0 Å². The molecule has 0 aromatic heterocycles. The molecule has 0 saturated heterocycles. The van der Waals surface area contributed by atoms with E-state index < -0.39 is 6.10 Å². The van der Waals surface area contributed by atoms with Crippen molar-refractivity contribution >= 4 is 17.9 Å². The van der Waals surface area contributed by atoms with E-state index in [0.29, 0.717) is 19.3 Å². The molecule has 1 atom stereocenters. The van der Waals surface area contributed by atoms with Crippen LogP contribution in [-0.2, 0) is 28.6 Å². The van der Waals surface area contributed by atoms with Gasteiger partial charge in [0.2, 0.25) is 0 Å². The Morgan fingerprint density at radius 1 is 0.286 bits per heavy atom. The number of hydrogen-bond donors (Lipinski definition) is 0. The van der Waals surface area contributed by atoms with E-state index in [0.717, 1.165) is 64.2 Å². The van der Waals surface area contributed by atoms with Crippen LogP contribution in [0.3, 0.4) is 0 Å². The first-order chi connectivity index (χ1) is 34.5. The van der Waals surface area contributed by atoms with Crippen LogP contribution in [0.15, 0.2) is 36.5 Å². The fraction of sp³-hybridized carbons (Fsp3) is 0.859. The van der Waals surface area contributed by atoms with E-state index in [1.165, 1.54) is 231 Å². The zero-order chi connectivity index (χ0) is 50.7. The van der Waals surface area contributed by atoms with Crippen LogP contribution >= 0.6 is 0 Å². The van der Waals surface area contributed by atoms with Crippen LogP contribution in [0.5, 0.6) is 0 Å². The van der Waals surface area contributed by atoms with Gasteiger partial charge < -0.3 is 14.2 Å². The third-order valence-corrected chi connectivity index (χ3v) is 13.9. The fourth-order valence-corrected chi connectivity index (χ4v) is 9.18. The topological polar surface area (TPSA) is 78.9 Å². The predicted octanol–water partition coefficient (Wildman–Crippen LogP) is 20.8. The zero-order valence-electron chi connectivity index (χ0n) is 47.1. The van der Waals surface area contributed by atoms with Gasteiger partial charge in [0.05, 0.1) is 0 Å². The molecule has 410 valence electrons. The number of carbonyl (C=O) groups is 3. The monoisotopic (exact) mass is 983 g/mol. The summed E-state index contributed by atoms with van der Waals surface area (Å²) in [6.45, 7) is 6.60. The van der Waals surface area contributed by atoms with Crippen LogP contribution in [0.2, 0.25) is 0 Å². The van der Waals surface area contributed by atoms with Gasteiger partial charge in [0.1, 0.15) is 13.2 Å². The summed E-state index contributed by atoms with van der Waals surface area (Å²) in [5.74, 6) is -0.867. The maximum atomic E-state index is 12.8. The van der Waals surface area contributed by atoms with Gasteiger partial charge >= 0.3 is 17.9 Å². The molecule has 0 heterocycles. The maximum absolute atomic E-state index is 12.8. The first-order valence-electron chi connectivity index (χ1n) is 31.0. The number of hydrogen-bond acceptors (Lipinski definition) is 6. The van der Waals surface area contributed by atoms with Crippen molar-refractivity contribution in [2.45, 2.75) is 341 Å². The molecule has 0 bridgehead atoms. The Labute approximate surface area is 435 Å². The van der Waals surface area contributed by atoms with Gasteiger partial charge in [-0.05, 0) is 77.0 Å². The molecule has 0 aromatic rings. The number of allylic oxidation sites excluding steroid dienone is 6. The summed E-state index contributed by atoms with van der Waals surface area (Å²) >= 11 is 0. The molecule has 0 aliphatic carbocycles. The van der Waals surface area contributed by atoms with Gasteiger partial charge in [-0.25, -0.2) is 0 Å². The maximum Gasteiger partial charge on any atom is 0.306 e. The second-order valence-corrected chi connectivity index (χ2v) is 21.0. The first-order valence-corrected chi connectivity index (χ1v) is 31.0. The highest BCUT2D eigenvalue weighted by molar-refractivity contribution is 5.71. The van der Waals surface area contributed by atoms with Gasteiger partial charge in [-0.15, -0.1) is 0 Å². The molecule has 0 spiro atoms.